The fourth-order valence-corrected chi connectivity index (χ4v) is 0.655. The van der Waals surface area contributed by atoms with Crippen LogP contribution in [0.3, 0.4) is 0 Å². The second-order valence-electron chi connectivity index (χ2n) is 3.51. The number of hydrogen-bond donors (Lipinski definition) is 1. The van der Waals surface area contributed by atoms with Crippen molar-refractivity contribution < 1.29 is 9.84 Å². The molecule has 0 saturated carbocycles. The second-order valence-corrected chi connectivity index (χ2v) is 3.51. The van der Waals surface area contributed by atoms with E-state index in [9.17, 15) is 0 Å². The maximum Gasteiger partial charge on any atom is 0.104 e. The number of rotatable bonds is 1. The molecule has 0 aliphatic carbocycles. The fourth-order valence-electron chi connectivity index (χ4n) is 0.655. The summed E-state index contributed by atoms with van der Waals surface area (Å²) >= 11 is 0. The van der Waals surface area contributed by atoms with Gasteiger partial charge in [0.15, 0.2) is 0 Å². The van der Waals surface area contributed by atoms with Gasteiger partial charge in [-0.2, -0.15) is 0 Å². The Bertz CT molecular complexity index is 106. The predicted octanol–water partition coefficient (Wildman–Crippen LogP) is -0.165. The van der Waals surface area contributed by atoms with Gasteiger partial charge in [-0.3, -0.25) is 4.90 Å². The Balaban J connectivity index is 0.000000226. The molecule has 1 aliphatic rings. The van der Waals surface area contributed by atoms with E-state index in [-0.39, 0.29) is 6.23 Å². The Morgan fingerprint density at radius 2 is 1.69 bits per heavy atom. The highest BCUT2D eigenvalue weighted by molar-refractivity contribution is 4.53. The molecule has 1 N–H and O–H groups in total. The first-order chi connectivity index (χ1) is 6.04. The van der Waals surface area contributed by atoms with E-state index >= 15 is 0 Å². The molecule has 4 heteroatoms. The van der Waals surface area contributed by atoms with Crippen LogP contribution >= 0.6 is 0 Å². The number of aliphatic hydroxyl groups is 1. The summed E-state index contributed by atoms with van der Waals surface area (Å²) in [4.78, 5) is 3.99. The number of nitrogens with zero attached hydrogens (tertiary/aromatic N) is 2. The quantitative estimate of drug-likeness (QED) is 0.583. The van der Waals surface area contributed by atoms with Crippen LogP contribution in [0, 0.1) is 0 Å². The van der Waals surface area contributed by atoms with E-state index in [0.717, 1.165) is 26.3 Å². The molecule has 1 saturated heterocycles. The van der Waals surface area contributed by atoms with Crippen LogP contribution in [0.2, 0.25) is 0 Å². The number of likely N-dealkylation sites (N-methyl/N-ethyl adjacent to an activating group) is 1. The van der Waals surface area contributed by atoms with Crippen LogP contribution in [0.1, 0.15) is 6.92 Å². The van der Waals surface area contributed by atoms with Crippen LogP contribution in [0.15, 0.2) is 0 Å². The van der Waals surface area contributed by atoms with Gasteiger partial charge < -0.3 is 14.7 Å². The second kappa shape index (κ2) is 7.26. The summed E-state index contributed by atoms with van der Waals surface area (Å²) in [5.74, 6) is 0. The number of ether oxygens (including phenoxy) is 1. The maximum atomic E-state index is 8.56. The topological polar surface area (TPSA) is 35.9 Å². The molecule has 0 aromatic carbocycles. The van der Waals surface area contributed by atoms with Gasteiger partial charge >= 0.3 is 0 Å². The van der Waals surface area contributed by atoms with E-state index in [4.69, 9.17) is 9.84 Å². The van der Waals surface area contributed by atoms with Crippen LogP contribution in [0.4, 0.5) is 0 Å². The third-order valence-electron chi connectivity index (χ3n) is 1.98. The SMILES string of the molecule is CC(O)N(C)C.CN1CCOCC1. The zero-order valence-corrected chi connectivity index (χ0v) is 9.16. The van der Waals surface area contributed by atoms with E-state index in [1.807, 2.05) is 14.1 Å². The van der Waals surface area contributed by atoms with Crippen molar-refractivity contribution in [3.05, 3.63) is 0 Å². The molecule has 0 amide bonds. The van der Waals surface area contributed by atoms with E-state index in [1.54, 1.807) is 11.8 Å². The molecule has 80 valence electrons. The summed E-state index contributed by atoms with van der Waals surface area (Å²) in [5.41, 5.74) is 0. The van der Waals surface area contributed by atoms with Gasteiger partial charge in [0.25, 0.3) is 0 Å². The van der Waals surface area contributed by atoms with Crippen molar-refractivity contribution in [3.63, 3.8) is 0 Å². The van der Waals surface area contributed by atoms with Gasteiger partial charge in [0.1, 0.15) is 6.23 Å². The standard InChI is InChI=1S/C5H11NO.C4H11NO/c1-6-2-4-7-5-3-6;1-4(6)5(2)3/h2-5H2,1H3;4,6H,1-3H3. The average Bonchev–Trinajstić information content (AvgIpc) is 2.06. The first-order valence-corrected chi connectivity index (χ1v) is 4.65. The van der Waals surface area contributed by atoms with Gasteiger partial charge in [-0.1, -0.05) is 0 Å². The molecule has 1 rings (SSSR count). The van der Waals surface area contributed by atoms with Crippen molar-refractivity contribution in [3.8, 4) is 0 Å². The Morgan fingerprint density at radius 3 is 1.85 bits per heavy atom. The molecule has 13 heavy (non-hydrogen) atoms. The molecule has 4 nitrogen and oxygen atoms in total. The van der Waals surface area contributed by atoms with E-state index in [2.05, 4.69) is 11.9 Å². The lowest BCUT2D eigenvalue weighted by atomic mass is 10.5. The first kappa shape index (κ1) is 12.8. The lowest BCUT2D eigenvalue weighted by Gasteiger charge is -2.21. The van der Waals surface area contributed by atoms with Gasteiger partial charge in [-0.05, 0) is 28.1 Å². The van der Waals surface area contributed by atoms with Crippen molar-refractivity contribution in [2.45, 2.75) is 13.2 Å². The highest BCUT2D eigenvalue weighted by atomic mass is 16.5. The van der Waals surface area contributed by atoms with Crippen molar-refractivity contribution in [1.29, 1.82) is 0 Å². The van der Waals surface area contributed by atoms with Crippen LogP contribution in [-0.2, 0) is 4.74 Å². The summed E-state index contributed by atoms with van der Waals surface area (Å²) < 4.78 is 5.10. The van der Waals surface area contributed by atoms with E-state index in [1.165, 1.54) is 0 Å². The lowest BCUT2D eigenvalue weighted by Crippen LogP contribution is -2.32. The van der Waals surface area contributed by atoms with Crippen molar-refractivity contribution in [2.75, 3.05) is 47.4 Å². The number of aliphatic hydroxyl groups excluding tert-OH is 1. The molecule has 0 radical (unpaired) electrons. The highest BCUT2D eigenvalue weighted by Crippen LogP contribution is 1.89. The molecule has 0 spiro atoms. The van der Waals surface area contributed by atoms with Gasteiger partial charge in [-0.25, -0.2) is 0 Å². The molecule has 1 unspecified atom stereocenters. The average molecular weight is 190 g/mol. The van der Waals surface area contributed by atoms with Crippen LogP contribution in [-0.4, -0.2) is 68.6 Å². The predicted molar refractivity (Wildman–Crippen MR) is 53.7 cm³/mol. The van der Waals surface area contributed by atoms with Crippen LogP contribution in [0.5, 0.6) is 0 Å². The monoisotopic (exact) mass is 190 g/mol. The van der Waals surface area contributed by atoms with Gasteiger partial charge in [0, 0.05) is 13.1 Å². The van der Waals surface area contributed by atoms with E-state index in [0.29, 0.717) is 0 Å². The summed E-state index contributed by atoms with van der Waals surface area (Å²) in [6.07, 6.45) is -0.315. The minimum atomic E-state index is -0.315. The molecular weight excluding hydrogens is 168 g/mol. The number of hydrogen-bond acceptors (Lipinski definition) is 4. The summed E-state index contributed by atoms with van der Waals surface area (Å²) in [7, 11) is 5.76. The Kier molecular flexibility index (Phi) is 7.17. The van der Waals surface area contributed by atoms with Gasteiger partial charge in [0.2, 0.25) is 0 Å². The molecule has 1 aliphatic heterocycles. The van der Waals surface area contributed by atoms with Gasteiger partial charge in [0.05, 0.1) is 13.2 Å². The molecule has 1 fully saturated rings. The first-order valence-electron chi connectivity index (χ1n) is 4.65. The third kappa shape index (κ3) is 8.18. The minimum absolute atomic E-state index is 0.315. The van der Waals surface area contributed by atoms with Crippen molar-refractivity contribution >= 4 is 0 Å². The zero-order valence-electron chi connectivity index (χ0n) is 9.16. The third-order valence-corrected chi connectivity index (χ3v) is 1.98. The highest BCUT2D eigenvalue weighted by Gasteiger charge is 2.02. The van der Waals surface area contributed by atoms with Crippen LogP contribution in [0.25, 0.3) is 0 Å². The molecule has 0 aromatic rings. The summed E-state index contributed by atoms with van der Waals surface area (Å²) in [6.45, 7) is 5.74. The smallest absolute Gasteiger partial charge is 0.104 e. The van der Waals surface area contributed by atoms with Crippen molar-refractivity contribution in [1.82, 2.24) is 9.80 Å². The molecule has 0 aromatic heterocycles. The number of morpholine rings is 1. The Morgan fingerprint density at radius 1 is 1.31 bits per heavy atom. The van der Waals surface area contributed by atoms with Crippen molar-refractivity contribution in [2.24, 2.45) is 0 Å². The molecule has 1 atom stereocenters. The van der Waals surface area contributed by atoms with Crippen LogP contribution < -0.4 is 0 Å². The van der Waals surface area contributed by atoms with E-state index < -0.39 is 0 Å². The molecular formula is C9H22N2O2. The largest absolute Gasteiger partial charge is 0.379 e. The lowest BCUT2D eigenvalue weighted by molar-refractivity contribution is 0.0503. The maximum absolute atomic E-state index is 8.56. The molecule has 1 heterocycles. The Labute approximate surface area is 81.1 Å². The van der Waals surface area contributed by atoms with Gasteiger partial charge in [-0.15, -0.1) is 0 Å². The molecule has 0 bridgehead atoms. The normalized spacial score (nSPS) is 20.8. The fraction of sp³-hybridized carbons (Fsp3) is 1.00. The summed E-state index contributed by atoms with van der Waals surface area (Å²) in [5, 5.41) is 8.56. The zero-order chi connectivity index (χ0) is 10.3. The summed E-state index contributed by atoms with van der Waals surface area (Å²) in [6, 6.07) is 0. The minimum Gasteiger partial charge on any atom is -0.379 e. The Hall–Kier alpha value is -0.160.